The zero-order chi connectivity index (χ0) is 19.3. The molecule has 0 saturated heterocycles. The van der Waals surface area contributed by atoms with Gasteiger partial charge in [0.05, 0.1) is 5.69 Å². The highest BCUT2D eigenvalue weighted by Gasteiger charge is 2.27. The summed E-state index contributed by atoms with van der Waals surface area (Å²) in [5, 5.41) is 0. The second-order valence-corrected chi connectivity index (χ2v) is 6.10. The molecule has 4 rings (SSSR count). The molecular formula is C22H17NO5. The SMILES string of the molecule is O=C(CN1C(=O)COc2ccccc21)Oc1ccc(Oc2ccccc2)cc1. The highest BCUT2D eigenvalue weighted by molar-refractivity contribution is 6.01. The van der Waals surface area contributed by atoms with Gasteiger partial charge < -0.3 is 14.2 Å². The van der Waals surface area contributed by atoms with Gasteiger partial charge in [0.2, 0.25) is 0 Å². The van der Waals surface area contributed by atoms with Gasteiger partial charge in [-0.1, -0.05) is 30.3 Å². The van der Waals surface area contributed by atoms with E-state index in [0.717, 1.165) is 5.75 Å². The fourth-order valence-corrected chi connectivity index (χ4v) is 2.82. The maximum atomic E-state index is 12.3. The summed E-state index contributed by atoms with van der Waals surface area (Å²) in [4.78, 5) is 25.8. The lowest BCUT2D eigenvalue weighted by Gasteiger charge is -2.28. The lowest BCUT2D eigenvalue weighted by Crippen LogP contribution is -2.43. The number of amides is 1. The molecule has 0 aliphatic carbocycles. The minimum Gasteiger partial charge on any atom is -0.482 e. The van der Waals surface area contributed by atoms with Crippen LogP contribution in [0.15, 0.2) is 78.9 Å². The van der Waals surface area contributed by atoms with Gasteiger partial charge in [-0.05, 0) is 48.5 Å². The number of esters is 1. The van der Waals surface area contributed by atoms with Crippen LogP contribution in [0.3, 0.4) is 0 Å². The predicted octanol–water partition coefficient (Wildman–Crippen LogP) is 3.81. The molecule has 28 heavy (non-hydrogen) atoms. The minimum absolute atomic E-state index is 0.101. The smallest absolute Gasteiger partial charge is 0.331 e. The zero-order valence-corrected chi connectivity index (χ0v) is 14.9. The molecule has 0 bridgehead atoms. The summed E-state index contributed by atoms with van der Waals surface area (Å²) in [6.45, 7) is -0.294. The average molecular weight is 375 g/mol. The molecule has 3 aromatic carbocycles. The molecule has 1 amide bonds. The van der Waals surface area contributed by atoms with Crippen molar-refractivity contribution in [3.8, 4) is 23.0 Å². The van der Waals surface area contributed by atoms with Gasteiger partial charge in [-0.15, -0.1) is 0 Å². The average Bonchev–Trinajstić information content (AvgIpc) is 2.72. The van der Waals surface area contributed by atoms with E-state index in [4.69, 9.17) is 14.2 Å². The van der Waals surface area contributed by atoms with Crippen LogP contribution >= 0.6 is 0 Å². The highest BCUT2D eigenvalue weighted by Crippen LogP contribution is 2.31. The van der Waals surface area contributed by atoms with E-state index < -0.39 is 5.97 Å². The van der Waals surface area contributed by atoms with Gasteiger partial charge >= 0.3 is 5.97 Å². The van der Waals surface area contributed by atoms with Gasteiger partial charge in [-0.3, -0.25) is 9.69 Å². The van der Waals surface area contributed by atoms with Gasteiger partial charge in [0.25, 0.3) is 5.91 Å². The van der Waals surface area contributed by atoms with Crippen molar-refractivity contribution in [1.29, 1.82) is 0 Å². The third-order valence-electron chi connectivity index (χ3n) is 4.13. The van der Waals surface area contributed by atoms with Crippen LogP contribution in [0.5, 0.6) is 23.0 Å². The zero-order valence-electron chi connectivity index (χ0n) is 14.9. The molecule has 0 unspecified atom stereocenters. The summed E-state index contributed by atoms with van der Waals surface area (Å²) in [6.07, 6.45) is 0. The van der Waals surface area contributed by atoms with Crippen LogP contribution in [0.4, 0.5) is 5.69 Å². The van der Waals surface area contributed by atoms with E-state index in [1.54, 1.807) is 42.5 Å². The summed E-state index contributed by atoms with van der Waals surface area (Å²) in [6, 6.07) is 23.2. The Morgan fingerprint density at radius 2 is 1.50 bits per heavy atom. The van der Waals surface area contributed by atoms with Crippen LogP contribution in [0.2, 0.25) is 0 Å². The molecule has 1 aliphatic heterocycles. The van der Waals surface area contributed by atoms with E-state index in [2.05, 4.69) is 0 Å². The number of carbonyl (C=O) groups is 2. The standard InChI is InChI=1S/C22H17NO5/c24-21-15-26-20-9-5-4-8-19(20)23(21)14-22(25)28-18-12-10-17(11-13-18)27-16-6-2-1-3-7-16/h1-13H,14-15H2. The molecule has 0 radical (unpaired) electrons. The number of hydrogen-bond acceptors (Lipinski definition) is 5. The monoisotopic (exact) mass is 375 g/mol. The van der Waals surface area contributed by atoms with E-state index in [1.165, 1.54) is 4.90 Å². The van der Waals surface area contributed by atoms with Gasteiger partial charge in [-0.2, -0.15) is 0 Å². The van der Waals surface area contributed by atoms with Gasteiger partial charge in [0.1, 0.15) is 29.5 Å². The van der Waals surface area contributed by atoms with Crippen LogP contribution in [0.1, 0.15) is 0 Å². The third kappa shape index (κ3) is 3.96. The van der Waals surface area contributed by atoms with Crippen molar-refractivity contribution in [2.75, 3.05) is 18.1 Å². The number of carbonyl (C=O) groups excluding carboxylic acids is 2. The summed E-state index contributed by atoms with van der Waals surface area (Å²) in [5.41, 5.74) is 0.558. The Balaban J connectivity index is 1.39. The Labute approximate surface area is 161 Å². The first-order valence-corrected chi connectivity index (χ1v) is 8.75. The van der Waals surface area contributed by atoms with Crippen LogP contribution in [0.25, 0.3) is 0 Å². The van der Waals surface area contributed by atoms with Gasteiger partial charge in [0, 0.05) is 0 Å². The lowest BCUT2D eigenvalue weighted by molar-refractivity contribution is -0.134. The molecule has 6 nitrogen and oxygen atoms in total. The molecule has 0 fully saturated rings. The first-order valence-electron chi connectivity index (χ1n) is 8.75. The van der Waals surface area contributed by atoms with Crippen LogP contribution < -0.4 is 19.1 Å². The molecule has 0 spiro atoms. The Hall–Kier alpha value is -3.80. The number of rotatable bonds is 5. The first kappa shape index (κ1) is 17.6. The molecule has 1 heterocycles. The third-order valence-corrected chi connectivity index (χ3v) is 4.13. The predicted molar refractivity (Wildman–Crippen MR) is 103 cm³/mol. The minimum atomic E-state index is -0.540. The molecule has 3 aromatic rings. The number of hydrogen-bond donors (Lipinski definition) is 0. The Kier molecular flexibility index (Phi) is 4.93. The molecule has 0 N–H and O–H groups in total. The second-order valence-electron chi connectivity index (χ2n) is 6.10. The van der Waals surface area contributed by atoms with Gasteiger partial charge in [-0.25, -0.2) is 4.79 Å². The maximum Gasteiger partial charge on any atom is 0.331 e. The van der Waals surface area contributed by atoms with E-state index in [-0.39, 0.29) is 19.1 Å². The van der Waals surface area contributed by atoms with Crippen molar-refractivity contribution in [1.82, 2.24) is 0 Å². The van der Waals surface area contributed by atoms with Crippen molar-refractivity contribution in [2.45, 2.75) is 0 Å². The van der Waals surface area contributed by atoms with E-state index >= 15 is 0 Å². The largest absolute Gasteiger partial charge is 0.482 e. The number of anilines is 1. The topological polar surface area (TPSA) is 65.1 Å². The number of benzene rings is 3. The number of nitrogens with zero attached hydrogens (tertiary/aromatic N) is 1. The summed E-state index contributed by atoms with van der Waals surface area (Å²) >= 11 is 0. The first-order chi connectivity index (χ1) is 13.7. The number of fused-ring (bicyclic) bond motifs is 1. The summed E-state index contributed by atoms with van der Waals surface area (Å²) < 4.78 is 16.4. The lowest BCUT2D eigenvalue weighted by atomic mass is 10.2. The van der Waals surface area contributed by atoms with E-state index in [9.17, 15) is 9.59 Å². The molecule has 0 atom stereocenters. The molecule has 6 heteroatoms. The summed E-state index contributed by atoms with van der Waals surface area (Å²) in [5.74, 6) is 1.46. The Bertz CT molecular complexity index is 985. The molecule has 0 aromatic heterocycles. The van der Waals surface area contributed by atoms with Crippen LogP contribution in [-0.2, 0) is 9.59 Å². The van der Waals surface area contributed by atoms with E-state index in [1.807, 2.05) is 36.4 Å². The molecule has 1 aliphatic rings. The molecular weight excluding hydrogens is 358 g/mol. The van der Waals surface area contributed by atoms with Crippen molar-refractivity contribution in [3.05, 3.63) is 78.9 Å². The van der Waals surface area contributed by atoms with Crippen LogP contribution in [-0.4, -0.2) is 25.0 Å². The molecule has 0 saturated carbocycles. The van der Waals surface area contributed by atoms with Gasteiger partial charge in [0.15, 0.2) is 6.61 Å². The maximum absolute atomic E-state index is 12.3. The number of para-hydroxylation sites is 3. The van der Waals surface area contributed by atoms with Crippen molar-refractivity contribution in [3.63, 3.8) is 0 Å². The van der Waals surface area contributed by atoms with Crippen molar-refractivity contribution in [2.24, 2.45) is 0 Å². The number of ether oxygens (including phenoxy) is 3. The van der Waals surface area contributed by atoms with Crippen molar-refractivity contribution >= 4 is 17.6 Å². The summed E-state index contributed by atoms with van der Waals surface area (Å²) in [7, 11) is 0. The highest BCUT2D eigenvalue weighted by atomic mass is 16.5. The second kappa shape index (κ2) is 7.84. The van der Waals surface area contributed by atoms with Crippen molar-refractivity contribution < 1.29 is 23.8 Å². The van der Waals surface area contributed by atoms with E-state index in [0.29, 0.717) is 22.9 Å². The quantitative estimate of drug-likeness (QED) is 0.501. The molecule has 140 valence electrons. The van der Waals surface area contributed by atoms with Crippen LogP contribution in [0, 0.1) is 0 Å². The Morgan fingerprint density at radius 1 is 0.857 bits per heavy atom. The fourth-order valence-electron chi connectivity index (χ4n) is 2.82. The Morgan fingerprint density at radius 3 is 2.29 bits per heavy atom. The fraction of sp³-hybridized carbons (Fsp3) is 0.0909. The normalized spacial score (nSPS) is 12.7.